The predicted octanol–water partition coefficient (Wildman–Crippen LogP) is -0.477. The third-order valence-electron chi connectivity index (χ3n) is 5.05. The Morgan fingerprint density at radius 3 is 1.12 bits per heavy atom. The van der Waals surface area contributed by atoms with Gasteiger partial charge in [0.1, 0.15) is 0 Å². The van der Waals surface area contributed by atoms with Crippen molar-refractivity contribution < 1.29 is 40.3 Å². The van der Waals surface area contributed by atoms with Crippen molar-refractivity contribution in [2.75, 3.05) is 6.16 Å². The Morgan fingerprint density at radius 1 is 0.531 bits per heavy atom. The average Bonchev–Trinajstić information content (AvgIpc) is 2.80. The minimum atomic E-state index is -0.658. The third-order valence-corrected chi connectivity index (χ3v) is 11.9. The Morgan fingerprint density at radius 2 is 0.812 bits per heavy atom. The molecule has 0 aliphatic carbocycles. The van der Waals surface area contributed by atoms with E-state index in [2.05, 4.69) is 128 Å². The second kappa shape index (κ2) is 12.9. The van der Waals surface area contributed by atoms with Crippen LogP contribution < -0.4 is 46.0 Å². The summed E-state index contributed by atoms with van der Waals surface area (Å²) in [6.45, 7) is 2.31. The summed E-state index contributed by atoms with van der Waals surface area (Å²) in [4.78, 5) is 0. The molecule has 0 saturated heterocycles. The molecule has 1 atom stereocenters. The molecule has 0 spiro atoms. The fourth-order valence-electron chi connectivity index (χ4n) is 3.72. The van der Waals surface area contributed by atoms with Gasteiger partial charge < -0.3 is 24.8 Å². The van der Waals surface area contributed by atoms with Gasteiger partial charge in [-0.2, -0.15) is 0 Å². The van der Waals surface area contributed by atoms with E-state index in [1.807, 2.05) is 0 Å². The van der Waals surface area contributed by atoms with Gasteiger partial charge in [-0.05, 0) is 0 Å². The topological polar surface area (TPSA) is 0 Å². The summed E-state index contributed by atoms with van der Waals surface area (Å²) in [5.74, 6) is 0. The molecule has 0 heterocycles. The molecule has 0 amide bonds. The van der Waals surface area contributed by atoms with Gasteiger partial charge in [0.2, 0.25) is 0 Å². The molecular formula is C27H25Cl2NiP2. The Balaban J connectivity index is 0.00000181. The van der Waals surface area contributed by atoms with Crippen LogP contribution in [0.5, 0.6) is 0 Å². The number of rotatable bonds is 7. The average molecular weight is 541 g/mol. The van der Waals surface area contributed by atoms with Crippen molar-refractivity contribution in [2.24, 2.45) is 0 Å². The maximum absolute atomic E-state index is 6.05. The molecule has 5 heteroatoms. The minimum Gasteiger partial charge on any atom is -1.00 e. The Kier molecular flexibility index (Phi) is 10.9. The molecule has 4 rings (SSSR count). The fraction of sp³-hybridized carbons (Fsp3) is 0.111. The van der Waals surface area contributed by atoms with E-state index in [9.17, 15) is 0 Å². The first-order valence-corrected chi connectivity index (χ1v) is 13.5. The molecule has 0 unspecified atom stereocenters. The maximum atomic E-state index is 6.05. The first kappa shape index (κ1) is 27.1. The molecule has 0 bridgehead atoms. The number of halogens is 2. The predicted molar refractivity (Wildman–Crippen MR) is 131 cm³/mol. The van der Waals surface area contributed by atoms with Crippen LogP contribution in [0.1, 0.15) is 6.92 Å². The summed E-state index contributed by atoms with van der Waals surface area (Å²) >= 11 is 6.05. The SMILES string of the molecule is C[C@]([Ni+2])(CP(c1ccccc1)c1ccccc1)P(c1ccccc1)c1ccccc1.[Cl-].[Cl-]. The van der Waals surface area contributed by atoms with E-state index >= 15 is 0 Å². The normalized spacial score (nSPS) is 12.5. The summed E-state index contributed by atoms with van der Waals surface area (Å²) in [6.07, 6.45) is 0.992. The van der Waals surface area contributed by atoms with Gasteiger partial charge in [0.15, 0.2) is 0 Å². The zero-order valence-corrected chi connectivity index (χ0v) is 22.0. The first-order chi connectivity index (χ1) is 14.6. The molecule has 32 heavy (non-hydrogen) atoms. The molecule has 167 valence electrons. The monoisotopic (exact) mass is 539 g/mol. The molecule has 0 fully saturated rings. The van der Waals surface area contributed by atoms with Gasteiger partial charge in [0, 0.05) is 0 Å². The number of hydrogen-bond acceptors (Lipinski definition) is 0. The molecular weight excluding hydrogens is 516 g/mol. The largest absolute Gasteiger partial charge is 1.00 e. The quantitative estimate of drug-likeness (QED) is 0.220. The van der Waals surface area contributed by atoms with Crippen LogP contribution in [-0.4, -0.2) is 10.3 Å². The Labute approximate surface area is 214 Å². The molecule has 0 aliphatic rings. The van der Waals surface area contributed by atoms with Crippen LogP contribution in [0.15, 0.2) is 121 Å². The van der Waals surface area contributed by atoms with Gasteiger partial charge in [0.05, 0.1) is 0 Å². The smallest absolute Gasteiger partial charge is 1.00 e. The van der Waals surface area contributed by atoms with E-state index in [0.29, 0.717) is 0 Å². The zero-order chi connectivity index (χ0) is 20.8. The van der Waals surface area contributed by atoms with Crippen molar-refractivity contribution in [3.05, 3.63) is 121 Å². The molecule has 4 aromatic rings. The molecule has 0 nitrogen and oxygen atoms in total. The summed E-state index contributed by atoms with van der Waals surface area (Å²) in [7, 11) is -1.19. The van der Waals surface area contributed by atoms with E-state index in [1.165, 1.54) is 21.2 Å². The molecule has 0 N–H and O–H groups in total. The minimum absolute atomic E-state index is 0. The van der Waals surface area contributed by atoms with Crippen LogP contribution in [0.2, 0.25) is 0 Å². The van der Waals surface area contributed by atoms with Crippen molar-refractivity contribution in [3.8, 4) is 0 Å². The molecule has 0 aliphatic heterocycles. The fourth-order valence-corrected chi connectivity index (χ4v) is 10.5. The van der Waals surface area contributed by atoms with Crippen molar-refractivity contribution in [1.29, 1.82) is 0 Å². The Hall–Kier alpha value is -1.19. The van der Waals surface area contributed by atoms with Crippen LogP contribution in [0.3, 0.4) is 0 Å². The number of benzene rings is 4. The van der Waals surface area contributed by atoms with E-state index in [1.54, 1.807) is 0 Å². The van der Waals surface area contributed by atoms with E-state index in [0.717, 1.165) is 6.16 Å². The molecule has 4 aromatic carbocycles. The van der Waals surface area contributed by atoms with E-state index in [-0.39, 0.29) is 28.9 Å². The summed E-state index contributed by atoms with van der Waals surface area (Å²) in [5, 5.41) is 5.53. The first-order valence-electron chi connectivity index (χ1n) is 10.1. The van der Waals surface area contributed by atoms with Gasteiger partial charge in [-0.15, -0.1) is 0 Å². The second-order valence-electron chi connectivity index (χ2n) is 7.34. The second-order valence-corrected chi connectivity index (χ2v) is 13.7. The van der Waals surface area contributed by atoms with Crippen molar-refractivity contribution in [1.82, 2.24) is 0 Å². The van der Waals surface area contributed by atoms with Crippen LogP contribution >= 0.6 is 15.8 Å². The standard InChI is InChI=1S/C27H25P2.2ClH.Ni/c1-23(29(26-18-10-4-11-19-26)27-20-12-5-13-21-27)22-28(24-14-6-2-7-15-24)25-16-8-3-9-17-25;;;/h2-21H,22H2,1H3;2*1H;/q;;;+2/p-2. The molecule has 0 saturated carbocycles. The van der Waals surface area contributed by atoms with Crippen molar-refractivity contribution in [2.45, 2.75) is 11.0 Å². The molecule has 0 aromatic heterocycles. The van der Waals surface area contributed by atoms with E-state index < -0.39 is 15.8 Å². The van der Waals surface area contributed by atoms with E-state index in [4.69, 9.17) is 15.5 Å². The molecule has 0 radical (unpaired) electrons. The number of hydrogen-bond donors (Lipinski definition) is 0. The maximum Gasteiger partial charge on any atom is -1.00 e. The summed E-state index contributed by atoms with van der Waals surface area (Å²) in [6, 6.07) is 43.6. The third kappa shape index (κ3) is 6.67. The van der Waals surface area contributed by atoms with Crippen molar-refractivity contribution in [3.63, 3.8) is 0 Å². The van der Waals surface area contributed by atoms with Gasteiger partial charge in [-0.1, -0.05) is 0 Å². The van der Waals surface area contributed by atoms with Gasteiger partial charge in [-0.25, -0.2) is 0 Å². The van der Waals surface area contributed by atoms with Crippen LogP contribution in [0, 0.1) is 0 Å². The van der Waals surface area contributed by atoms with Gasteiger partial charge in [0.25, 0.3) is 0 Å². The van der Waals surface area contributed by atoms with Gasteiger partial charge >= 0.3 is 191 Å². The van der Waals surface area contributed by atoms with Crippen LogP contribution in [0.25, 0.3) is 0 Å². The van der Waals surface area contributed by atoms with Gasteiger partial charge in [-0.3, -0.25) is 0 Å². The van der Waals surface area contributed by atoms with Crippen LogP contribution in [-0.2, 0) is 15.5 Å². The Bertz CT molecular complexity index is 967. The van der Waals surface area contributed by atoms with Crippen molar-refractivity contribution >= 4 is 37.1 Å². The summed E-state index contributed by atoms with van der Waals surface area (Å²) < 4.78 is -0.227. The summed E-state index contributed by atoms with van der Waals surface area (Å²) in [5.41, 5.74) is 0. The van der Waals surface area contributed by atoms with Crippen LogP contribution in [0.4, 0.5) is 0 Å². The zero-order valence-electron chi connectivity index (χ0n) is 17.7.